The monoisotopic (exact) mass is 252 g/mol. The van der Waals surface area contributed by atoms with Gasteiger partial charge >= 0.3 is 0 Å². The van der Waals surface area contributed by atoms with Crippen LogP contribution in [0.2, 0.25) is 0 Å². The number of para-hydroxylation sites is 1. The van der Waals surface area contributed by atoms with E-state index in [4.69, 9.17) is 5.11 Å². The van der Waals surface area contributed by atoms with Gasteiger partial charge in [0.05, 0.1) is 0 Å². The highest BCUT2D eigenvalue weighted by atomic mass is 32.2. The molecule has 0 atom stereocenters. The van der Waals surface area contributed by atoms with Gasteiger partial charge in [-0.25, -0.2) is 0 Å². The van der Waals surface area contributed by atoms with Crippen molar-refractivity contribution in [1.82, 2.24) is 0 Å². The number of benzene rings is 2. The van der Waals surface area contributed by atoms with E-state index in [1.165, 1.54) is 4.90 Å². The average molecular weight is 252 g/mol. The minimum Gasteiger partial charge on any atom is -0.508 e. The maximum absolute atomic E-state index is 8.63. The predicted octanol–water partition coefficient (Wildman–Crippen LogP) is 3.91. The molecular weight excluding hydrogens is 236 g/mol. The molecule has 1 N–H and O–H groups in total. The zero-order valence-corrected chi connectivity index (χ0v) is 10.9. The Hall–Kier alpha value is -1.06. The third-order valence-electron chi connectivity index (χ3n) is 1.74. The Morgan fingerprint density at radius 2 is 1.25 bits per heavy atom. The molecule has 0 saturated heterocycles. The smallest absolute Gasteiger partial charge is 0.115 e. The van der Waals surface area contributed by atoms with E-state index in [9.17, 15) is 0 Å². The summed E-state index contributed by atoms with van der Waals surface area (Å²) in [6, 6.07) is 19.0. The fourth-order valence-electron chi connectivity index (χ4n) is 0.985. The topological polar surface area (TPSA) is 20.2 Å². The van der Waals surface area contributed by atoms with Crippen LogP contribution in [0.15, 0.2) is 65.6 Å². The first kappa shape index (κ1) is 14.9. The highest BCUT2D eigenvalue weighted by molar-refractivity contribution is 7.98. The molecule has 0 aliphatic rings. The van der Waals surface area contributed by atoms with Gasteiger partial charge in [0, 0.05) is 4.90 Å². The number of phenolic OH excluding ortho intramolecular Hbond substituents is 1. The average Bonchev–Trinajstić information content (AvgIpc) is 2.32. The second kappa shape index (κ2) is 9.19. The minimum absolute atomic E-state index is 0. The van der Waals surface area contributed by atoms with Gasteiger partial charge in [-0.05, 0) is 30.5 Å². The van der Waals surface area contributed by atoms with E-state index in [0.29, 0.717) is 5.75 Å². The van der Waals surface area contributed by atoms with E-state index in [1.54, 1.807) is 36.0 Å². The molecule has 0 aliphatic carbocycles. The Balaban J connectivity index is 0.000000267. The molecule has 0 heterocycles. The number of hydrogen-bond donors (Lipinski definition) is 1. The molecule has 1 nitrogen and oxygen atoms in total. The van der Waals surface area contributed by atoms with E-state index in [0.717, 1.165) is 0 Å². The van der Waals surface area contributed by atoms with Crippen molar-refractivity contribution in [3.8, 4) is 5.75 Å². The molecule has 0 spiro atoms. The summed E-state index contributed by atoms with van der Waals surface area (Å²) in [6.45, 7) is 0. The Labute approximate surface area is 108 Å². The zero-order valence-electron chi connectivity index (χ0n) is 9.13. The van der Waals surface area contributed by atoms with Crippen LogP contribution in [0.3, 0.4) is 0 Å². The molecule has 86 valence electrons. The molecule has 0 bridgehead atoms. The predicted molar refractivity (Wildman–Crippen MR) is 76.7 cm³/mol. The van der Waals surface area contributed by atoms with Crippen LogP contribution in [0, 0.1) is 0 Å². The second-order valence-corrected chi connectivity index (χ2v) is 3.73. The summed E-state index contributed by atoms with van der Waals surface area (Å²) in [5.41, 5.74) is 0. The highest BCUT2D eigenvalue weighted by Gasteiger charge is 1.80. The Morgan fingerprint density at radius 3 is 1.50 bits per heavy atom. The van der Waals surface area contributed by atoms with Gasteiger partial charge in [-0.1, -0.05) is 36.4 Å². The van der Waals surface area contributed by atoms with E-state index >= 15 is 0 Å². The molecule has 3 heteroatoms. The summed E-state index contributed by atoms with van der Waals surface area (Å²) in [7, 11) is 0. The lowest BCUT2D eigenvalue weighted by Crippen LogP contribution is -1.62. The SMILES string of the molecule is CSc1ccccc1.Oc1ccccc1.S. The van der Waals surface area contributed by atoms with Gasteiger partial charge in [0.1, 0.15) is 5.75 Å². The van der Waals surface area contributed by atoms with Gasteiger partial charge in [-0.15, -0.1) is 11.8 Å². The fourth-order valence-corrected chi connectivity index (χ4v) is 1.41. The lowest BCUT2D eigenvalue weighted by molar-refractivity contribution is 0.475. The first-order valence-corrected chi connectivity index (χ1v) is 5.88. The van der Waals surface area contributed by atoms with Gasteiger partial charge in [-0.3, -0.25) is 0 Å². The number of hydrogen-bond acceptors (Lipinski definition) is 2. The molecule has 0 unspecified atom stereocenters. The highest BCUT2D eigenvalue weighted by Crippen LogP contribution is 2.11. The van der Waals surface area contributed by atoms with E-state index in [1.807, 2.05) is 24.3 Å². The van der Waals surface area contributed by atoms with Crippen molar-refractivity contribution in [1.29, 1.82) is 0 Å². The van der Waals surface area contributed by atoms with Crippen LogP contribution in [-0.2, 0) is 0 Å². The fraction of sp³-hybridized carbons (Fsp3) is 0.0769. The normalized spacial score (nSPS) is 8.31. The Kier molecular flexibility index (Phi) is 8.58. The van der Waals surface area contributed by atoms with E-state index < -0.39 is 0 Å². The third-order valence-corrected chi connectivity index (χ3v) is 2.48. The second-order valence-electron chi connectivity index (χ2n) is 2.85. The molecule has 0 aliphatic heterocycles. The van der Waals surface area contributed by atoms with Crippen molar-refractivity contribution in [3.63, 3.8) is 0 Å². The van der Waals surface area contributed by atoms with Crippen LogP contribution in [0.4, 0.5) is 0 Å². The minimum atomic E-state index is 0. The summed E-state index contributed by atoms with van der Waals surface area (Å²) in [5.74, 6) is 0.322. The molecule has 16 heavy (non-hydrogen) atoms. The van der Waals surface area contributed by atoms with Crippen molar-refractivity contribution in [2.24, 2.45) is 0 Å². The first-order chi connectivity index (χ1) is 7.33. The van der Waals surface area contributed by atoms with Crippen molar-refractivity contribution in [2.75, 3.05) is 6.26 Å². The number of aromatic hydroxyl groups is 1. The maximum Gasteiger partial charge on any atom is 0.115 e. The lowest BCUT2D eigenvalue weighted by atomic mass is 10.3. The molecule has 0 saturated carbocycles. The zero-order chi connectivity index (χ0) is 10.9. The van der Waals surface area contributed by atoms with Gasteiger partial charge in [0.2, 0.25) is 0 Å². The van der Waals surface area contributed by atoms with Crippen molar-refractivity contribution in [3.05, 3.63) is 60.7 Å². The standard InChI is InChI=1S/C7H8S.C6H6O.H2S/c1-8-7-5-3-2-4-6-7;7-6-4-2-1-3-5-6;/h2-6H,1H3;1-5,7H;1H2. The van der Waals surface area contributed by atoms with Gasteiger partial charge in [0.15, 0.2) is 0 Å². The van der Waals surface area contributed by atoms with Crippen LogP contribution in [0.5, 0.6) is 5.75 Å². The molecule has 2 aromatic rings. The molecule has 0 aromatic heterocycles. The third kappa shape index (κ3) is 6.43. The number of phenols is 1. The van der Waals surface area contributed by atoms with Gasteiger partial charge in [-0.2, -0.15) is 13.5 Å². The summed E-state index contributed by atoms with van der Waals surface area (Å²) in [4.78, 5) is 1.33. The molecule has 0 radical (unpaired) electrons. The van der Waals surface area contributed by atoms with Crippen LogP contribution >= 0.6 is 25.3 Å². The molecular formula is C13H16OS2. The Bertz CT molecular complexity index is 362. The van der Waals surface area contributed by atoms with Crippen LogP contribution in [0.25, 0.3) is 0 Å². The van der Waals surface area contributed by atoms with Gasteiger partial charge < -0.3 is 5.11 Å². The van der Waals surface area contributed by atoms with Crippen molar-refractivity contribution >= 4 is 25.3 Å². The molecule has 0 amide bonds. The largest absolute Gasteiger partial charge is 0.508 e. The molecule has 0 fully saturated rings. The summed E-state index contributed by atoms with van der Waals surface area (Å²) in [5, 5.41) is 8.63. The molecule has 2 rings (SSSR count). The first-order valence-electron chi connectivity index (χ1n) is 4.66. The number of rotatable bonds is 1. The molecule has 2 aromatic carbocycles. The summed E-state index contributed by atoms with van der Waals surface area (Å²) in [6.07, 6.45) is 2.08. The van der Waals surface area contributed by atoms with E-state index in [-0.39, 0.29) is 13.5 Å². The summed E-state index contributed by atoms with van der Waals surface area (Å²) < 4.78 is 0. The maximum atomic E-state index is 8.63. The lowest BCUT2D eigenvalue weighted by Gasteiger charge is -1.89. The summed E-state index contributed by atoms with van der Waals surface area (Å²) >= 11 is 1.77. The Morgan fingerprint density at radius 1 is 0.812 bits per heavy atom. The van der Waals surface area contributed by atoms with E-state index in [2.05, 4.69) is 18.4 Å². The number of thioether (sulfide) groups is 1. The van der Waals surface area contributed by atoms with Crippen molar-refractivity contribution in [2.45, 2.75) is 4.90 Å². The van der Waals surface area contributed by atoms with Gasteiger partial charge in [0.25, 0.3) is 0 Å². The van der Waals surface area contributed by atoms with Crippen LogP contribution in [0.1, 0.15) is 0 Å². The van der Waals surface area contributed by atoms with Crippen LogP contribution in [-0.4, -0.2) is 11.4 Å². The van der Waals surface area contributed by atoms with Crippen molar-refractivity contribution < 1.29 is 5.11 Å². The quantitative estimate of drug-likeness (QED) is 0.776. The van der Waals surface area contributed by atoms with Crippen LogP contribution < -0.4 is 0 Å².